The van der Waals surface area contributed by atoms with Gasteiger partial charge in [-0.3, -0.25) is 0 Å². The molecule has 1 unspecified atom stereocenters. The van der Waals surface area contributed by atoms with Gasteiger partial charge in [0.2, 0.25) is 0 Å². The molecule has 15 rings (SSSR count). The number of ether oxygens (including phenoxy) is 1. The number of nitrogens with zero attached hydrogens (tertiary/aromatic N) is 2. The second-order valence-corrected chi connectivity index (χ2v) is 19.0. The van der Waals surface area contributed by atoms with E-state index in [0.29, 0.717) is 0 Å². The van der Waals surface area contributed by atoms with Crippen molar-refractivity contribution >= 4 is 91.9 Å². The van der Waals surface area contributed by atoms with Crippen LogP contribution in [0.4, 0.5) is 17.1 Å². The molecular weight excluding hydrogens is 833 g/mol. The molecule has 0 fully saturated rings. The summed E-state index contributed by atoms with van der Waals surface area (Å²) in [6.45, 7) is 0. The monoisotopic (exact) mass is 870 g/mol. The van der Waals surface area contributed by atoms with Crippen molar-refractivity contribution in [1.82, 2.24) is 4.57 Å². The van der Waals surface area contributed by atoms with E-state index >= 15 is 0 Å². The number of para-hydroxylation sites is 2. The van der Waals surface area contributed by atoms with Gasteiger partial charge in [0.15, 0.2) is 0 Å². The van der Waals surface area contributed by atoms with Gasteiger partial charge in [-0.15, -0.1) is 11.3 Å². The van der Waals surface area contributed by atoms with E-state index in [2.05, 4.69) is 240 Å². The highest BCUT2D eigenvalue weighted by molar-refractivity contribution is 7.25. The first kappa shape index (κ1) is 36.9. The molecule has 0 radical (unpaired) electrons. The van der Waals surface area contributed by atoms with Crippen LogP contribution in [0.2, 0.25) is 0 Å². The molecule has 0 amide bonds. The van der Waals surface area contributed by atoms with Crippen molar-refractivity contribution in [3.63, 3.8) is 0 Å². The first-order valence-corrected chi connectivity index (χ1v) is 23.8. The molecule has 2 aromatic heterocycles. The lowest BCUT2D eigenvalue weighted by Gasteiger charge is -2.45. The first-order valence-electron chi connectivity index (χ1n) is 23.0. The van der Waals surface area contributed by atoms with E-state index in [1.165, 1.54) is 80.3 Å². The molecule has 0 N–H and O–H groups in total. The summed E-state index contributed by atoms with van der Waals surface area (Å²) >= 11 is 1.85. The van der Waals surface area contributed by atoms with Crippen molar-refractivity contribution in [2.45, 2.75) is 5.41 Å². The largest absolute Gasteiger partial charge is 0.457 e. The average molecular weight is 871 g/mol. The SMILES string of the molecule is c1ccc2c(c1)Oc1ccc(N(c3ccc4sc5ccccc5c4c3)c3ccc4c5ccccc5n(-c5cccc6ccccc56)c4c3)cc1C21c2ccccc2-c2cccc3cccc1c23. The Labute approximate surface area is 390 Å². The molecule has 11 aromatic carbocycles. The van der Waals surface area contributed by atoms with Crippen LogP contribution < -0.4 is 9.64 Å². The molecule has 0 bridgehead atoms. The maximum atomic E-state index is 7.02. The Morgan fingerprint density at radius 1 is 0.373 bits per heavy atom. The summed E-state index contributed by atoms with van der Waals surface area (Å²) in [6.07, 6.45) is 0. The van der Waals surface area contributed by atoms with Crippen LogP contribution in [-0.2, 0) is 5.41 Å². The minimum absolute atomic E-state index is 0.672. The van der Waals surface area contributed by atoms with Crippen LogP contribution in [0.3, 0.4) is 0 Å². The van der Waals surface area contributed by atoms with Crippen molar-refractivity contribution in [3.05, 3.63) is 253 Å². The fourth-order valence-corrected chi connectivity index (χ4v) is 13.0. The number of anilines is 3. The lowest BCUT2D eigenvalue weighted by Crippen LogP contribution is -2.36. The van der Waals surface area contributed by atoms with Crippen LogP contribution in [0.15, 0.2) is 231 Å². The van der Waals surface area contributed by atoms with Crippen LogP contribution in [0.25, 0.3) is 80.3 Å². The number of hydrogen-bond acceptors (Lipinski definition) is 3. The van der Waals surface area contributed by atoms with Crippen LogP contribution in [0.5, 0.6) is 11.5 Å². The topological polar surface area (TPSA) is 17.4 Å². The van der Waals surface area contributed by atoms with E-state index in [1.807, 2.05) is 11.3 Å². The van der Waals surface area contributed by atoms with Gasteiger partial charge in [0, 0.05) is 64.5 Å². The molecule has 1 atom stereocenters. The molecule has 13 aromatic rings. The second-order valence-electron chi connectivity index (χ2n) is 17.9. The zero-order chi connectivity index (χ0) is 43.8. The number of benzene rings is 11. The normalized spacial score (nSPS) is 14.7. The summed E-state index contributed by atoms with van der Waals surface area (Å²) in [7, 11) is 0. The first-order chi connectivity index (χ1) is 33.2. The van der Waals surface area contributed by atoms with E-state index in [0.717, 1.165) is 50.9 Å². The molecule has 67 heavy (non-hydrogen) atoms. The molecule has 0 saturated carbocycles. The smallest absolute Gasteiger partial charge is 0.132 e. The quantitative estimate of drug-likeness (QED) is 0.175. The van der Waals surface area contributed by atoms with Crippen LogP contribution in [0, 0.1) is 0 Å². The third kappa shape index (κ3) is 5.05. The minimum atomic E-state index is -0.672. The zero-order valence-electron chi connectivity index (χ0n) is 36.2. The highest BCUT2D eigenvalue weighted by Gasteiger charge is 2.49. The third-order valence-electron chi connectivity index (χ3n) is 14.6. The van der Waals surface area contributed by atoms with Gasteiger partial charge in [-0.1, -0.05) is 158 Å². The molecule has 1 aliphatic heterocycles. The van der Waals surface area contributed by atoms with Crippen molar-refractivity contribution in [2.75, 3.05) is 4.90 Å². The Bertz CT molecular complexity index is 4220. The average Bonchev–Trinajstić information content (AvgIpc) is 3.93. The molecule has 312 valence electrons. The van der Waals surface area contributed by atoms with Crippen LogP contribution in [-0.4, -0.2) is 4.57 Å². The summed E-state index contributed by atoms with van der Waals surface area (Å²) in [6, 6.07) is 85.2. The molecule has 1 spiro atoms. The molecule has 4 heteroatoms. The zero-order valence-corrected chi connectivity index (χ0v) is 37.0. The number of hydrogen-bond donors (Lipinski definition) is 0. The predicted molar refractivity (Wildman–Crippen MR) is 281 cm³/mol. The molecule has 1 aliphatic carbocycles. The Morgan fingerprint density at radius 3 is 1.93 bits per heavy atom. The Balaban J connectivity index is 1.04. The van der Waals surface area contributed by atoms with Crippen LogP contribution in [0.1, 0.15) is 22.3 Å². The molecule has 0 saturated heterocycles. The Morgan fingerprint density at radius 2 is 0.985 bits per heavy atom. The van der Waals surface area contributed by atoms with E-state index < -0.39 is 5.41 Å². The third-order valence-corrected chi connectivity index (χ3v) is 15.8. The highest BCUT2D eigenvalue weighted by Crippen LogP contribution is 2.62. The summed E-state index contributed by atoms with van der Waals surface area (Å²) in [5.41, 5.74) is 13.3. The maximum absolute atomic E-state index is 7.02. The molecule has 3 nitrogen and oxygen atoms in total. The van der Waals surface area contributed by atoms with Gasteiger partial charge in [0.25, 0.3) is 0 Å². The summed E-state index contributed by atoms with van der Waals surface area (Å²) in [4.78, 5) is 2.47. The van der Waals surface area contributed by atoms with Crippen molar-refractivity contribution in [3.8, 4) is 28.3 Å². The molecule has 3 heterocycles. The fourth-order valence-electron chi connectivity index (χ4n) is 11.9. The standard InChI is InChI=1S/C63H38N2OS/c1-2-18-44-39(14-1)15-13-27-55(44)65-56-26-8-4-20-46(56)47-33-30-43(38-57(47)65)64(41-32-35-61-50(36-41)48-21-5-10-29-60(48)67-61)42-31-34-59-54(37-42)63(52-24-7-9-28-58(52)66-59)51-23-6-3-19-45(51)49-22-11-16-40-17-12-25-53(63)62(40)49/h1-38H. The van der Waals surface area contributed by atoms with E-state index in [1.54, 1.807) is 0 Å². The Kier molecular flexibility index (Phi) is 7.58. The number of thiophene rings is 1. The van der Waals surface area contributed by atoms with Gasteiger partial charge >= 0.3 is 0 Å². The van der Waals surface area contributed by atoms with Crippen LogP contribution >= 0.6 is 11.3 Å². The fraction of sp³-hybridized carbons (Fsp3) is 0.0159. The number of fused-ring (bicyclic) bond motifs is 15. The summed E-state index contributed by atoms with van der Waals surface area (Å²) < 4.78 is 12.0. The molecule has 2 aliphatic rings. The number of aromatic nitrogens is 1. The highest BCUT2D eigenvalue weighted by atomic mass is 32.1. The lowest BCUT2D eigenvalue weighted by molar-refractivity contribution is 0.435. The van der Waals surface area contributed by atoms with Gasteiger partial charge in [-0.05, 0) is 111 Å². The van der Waals surface area contributed by atoms with Crippen molar-refractivity contribution in [2.24, 2.45) is 0 Å². The Hall–Kier alpha value is -8.44. The maximum Gasteiger partial charge on any atom is 0.132 e. The lowest BCUT2D eigenvalue weighted by atomic mass is 9.58. The molecular formula is C63H38N2OS. The van der Waals surface area contributed by atoms with Gasteiger partial charge in [0.05, 0.1) is 22.1 Å². The summed E-state index contributed by atoms with van der Waals surface area (Å²) in [5.74, 6) is 1.74. The van der Waals surface area contributed by atoms with Crippen molar-refractivity contribution < 1.29 is 4.74 Å². The van der Waals surface area contributed by atoms with E-state index in [9.17, 15) is 0 Å². The van der Waals surface area contributed by atoms with E-state index in [-0.39, 0.29) is 0 Å². The minimum Gasteiger partial charge on any atom is -0.457 e. The van der Waals surface area contributed by atoms with Gasteiger partial charge in [0.1, 0.15) is 11.5 Å². The number of rotatable bonds is 4. The van der Waals surface area contributed by atoms with Gasteiger partial charge < -0.3 is 14.2 Å². The van der Waals surface area contributed by atoms with Gasteiger partial charge in [-0.2, -0.15) is 0 Å². The van der Waals surface area contributed by atoms with Crippen molar-refractivity contribution in [1.29, 1.82) is 0 Å². The van der Waals surface area contributed by atoms with E-state index in [4.69, 9.17) is 4.74 Å². The summed E-state index contributed by atoms with van der Waals surface area (Å²) in [5, 5.41) is 9.93. The second kappa shape index (κ2) is 13.8. The predicted octanol–water partition coefficient (Wildman–Crippen LogP) is 17.4. The van der Waals surface area contributed by atoms with Gasteiger partial charge in [-0.25, -0.2) is 0 Å².